The monoisotopic (exact) mass is 583 g/mol. The predicted molar refractivity (Wildman–Crippen MR) is 150 cm³/mol. The molecule has 3 aromatic rings. The first kappa shape index (κ1) is 28.8. The molecule has 0 atom stereocenters. The summed E-state index contributed by atoms with van der Waals surface area (Å²) in [6.45, 7) is 3.86. The minimum atomic E-state index is -3.80. The van der Waals surface area contributed by atoms with Crippen LogP contribution in [0.25, 0.3) is 0 Å². The fraction of sp³-hybridized carbons (Fsp3) is 0.240. The van der Waals surface area contributed by atoms with Crippen LogP contribution in [0.5, 0.6) is 0 Å². The van der Waals surface area contributed by atoms with Crippen molar-refractivity contribution in [3.05, 3.63) is 81.8 Å². The summed E-state index contributed by atoms with van der Waals surface area (Å²) >= 11 is 12.1. The van der Waals surface area contributed by atoms with Crippen molar-refractivity contribution in [3.8, 4) is 0 Å². The Morgan fingerprint density at radius 3 is 2.14 bits per heavy atom. The van der Waals surface area contributed by atoms with Crippen LogP contribution in [0.4, 0.5) is 17.1 Å². The number of hydrogen-bond donors (Lipinski definition) is 2. The van der Waals surface area contributed by atoms with Crippen molar-refractivity contribution >= 4 is 66.2 Å². The van der Waals surface area contributed by atoms with Crippen LogP contribution in [-0.4, -0.2) is 35.5 Å². The Morgan fingerprint density at radius 1 is 0.865 bits per heavy atom. The van der Waals surface area contributed by atoms with Gasteiger partial charge in [0, 0.05) is 29.4 Å². The van der Waals surface area contributed by atoms with Gasteiger partial charge in [-0.3, -0.25) is 13.8 Å². The number of rotatable bonds is 10. The van der Waals surface area contributed by atoms with E-state index in [-0.39, 0.29) is 40.9 Å². The smallest absolute Gasteiger partial charge is 0.261 e. The number of amides is 1. The molecule has 12 heteroatoms. The normalized spacial score (nSPS) is 11.7. The molecule has 2 N–H and O–H groups in total. The molecule has 198 valence electrons. The standard InChI is InChI=1S/C25H27Cl2N3O5S2/c1-17-6-8-21(15-18(17)2)29-37(34,35)22-11-9-20(10-12-22)28-25(31)5-4-14-30(36(3,32)33)24-16-19(26)7-13-23(24)27/h6-13,15-16,29H,4-5,14H2,1-3H3,(H,28,31). The van der Waals surface area contributed by atoms with Crippen molar-refractivity contribution < 1.29 is 21.6 Å². The van der Waals surface area contributed by atoms with Crippen LogP contribution >= 0.6 is 23.2 Å². The third kappa shape index (κ3) is 7.85. The Hall–Kier alpha value is -2.79. The predicted octanol–water partition coefficient (Wildman–Crippen LogP) is 5.60. The van der Waals surface area contributed by atoms with E-state index in [1.54, 1.807) is 18.2 Å². The van der Waals surface area contributed by atoms with Gasteiger partial charge >= 0.3 is 0 Å². The van der Waals surface area contributed by atoms with Gasteiger partial charge in [-0.05, 0) is 86.0 Å². The third-order valence-corrected chi connectivity index (χ3v) is 8.68. The Bertz CT molecular complexity index is 1510. The number of halogens is 2. The van der Waals surface area contributed by atoms with Gasteiger partial charge in [-0.25, -0.2) is 16.8 Å². The maximum Gasteiger partial charge on any atom is 0.261 e. The van der Waals surface area contributed by atoms with Gasteiger partial charge in [-0.1, -0.05) is 29.3 Å². The number of hydrogen-bond acceptors (Lipinski definition) is 5. The minimum absolute atomic E-state index is 0.0215. The van der Waals surface area contributed by atoms with Crippen molar-refractivity contribution in [1.29, 1.82) is 0 Å². The summed E-state index contributed by atoms with van der Waals surface area (Å²) < 4.78 is 53.7. The van der Waals surface area contributed by atoms with Crippen molar-refractivity contribution in [1.82, 2.24) is 0 Å². The van der Waals surface area contributed by atoms with E-state index in [4.69, 9.17) is 23.2 Å². The summed E-state index contributed by atoms with van der Waals surface area (Å²) in [4.78, 5) is 12.5. The second kappa shape index (κ2) is 11.7. The van der Waals surface area contributed by atoms with E-state index in [1.165, 1.54) is 36.4 Å². The Balaban J connectivity index is 1.60. The number of anilines is 3. The lowest BCUT2D eigenvalue weighted by atomic mass is 10.1. The summed E-state index contributed by atoms with van der Waals surface area (Å²) in [5, 5.41) is 3.24. The molecule has 0 unspecified atom stereocenters. The maximum absolute atomic E-state index is 12.7. The summed E-state index contributed by atoms with van der Waals surface area (Å²) in [7, 11) is -7.47. The van der Waals surface area contributed by atoms with E-state index in [0.29, 0.717) is 16.4 Å². The van der Waals surface area contributed by atoms with E-state index in [2.05, 4.69) is 10.0 Å². The molecule has 0 fully saturated rings. The molecule has 8 nitrogen and oxygen atoms in total. The second-order valence-corrected chi connectivity index (χ2v) is 12.9. The van der Waals surface area contributed by atoms with E-state index in [1.807, 2.05) is 19.9 Å². The van der Waals surface area contributed by atoms with Crippen LogP contribution in [0.2, 0.25) is 10.0 Å². The van der Waals surface area contributed by atoms with Gasteiger partial charge in [-0.15, -0.1) is 0 Å². The number of benzene rings is 3. The van der Waals surface area contributed by atoms with Gasteiger partial charge in [0.25, 0.3) is 10.0 Å². The molecule has 3 rings (SSSR count). The van der Waals surface area contributed by atoms with Gasteiger partial charge in [0.1, 0.15) is 0 Å². The largest absolute Gasteiger partial charge is 0.326 e. The molecule has 0 aromatic heterocycles. The average Bonchev–Trinajstić information content (AvgIpc) is 2.80. The van der Waals surface area contributed by atoms with Crippen molar-refractivity contribution in [2.45, 2.75) is 31.6 Å². The number of nitrogens with zero attached hydrogens (tertiary/aromatic N) is 1. The van der Waals surface area contributed by atoms with E-state index in [9.17, 15) is 21.6 Å². The summed E-state index contributed by atoms with van der Waals surface area (Å²) in [6, 6.07) is 15.6. The molecule has 0 bridgehead atoms. The number of carbonyl (C=O) groups is 1. The van der Waals surface area contributed by atoms with Crippen LogP contribution in [-0.2, 0) is 24.8 Å². The second-order valence-electron chi connectivity index (χ2n) is 8.51. The highest BCUT2D eigenvalue weighted by molar-refractivity contribution is 7.92. The van der Waals surface area contributed by atoms with Gasteiger partial charge in [-0.2, -0.15) is 0 Å². The molecule has 1 amide bonds. The highest BCUT2D eigenvalue weighted by Crippen LogP contribution is 2.31. The molecular formula is C25H27Cl2N3O5S2. The summed E-state index contributed by atoms with van der Waals surface area (Å²) in [5.74, 6) is -0.352. The molecule has 37 heavy (non-hydrogen) atoms. The van der Waals surface area contributed by atoms with E-state index >= 15 is 0 Å². The van der Waals surface area contributed by atoms with Crippen LogP contribution in [0.3, 0.4) is 0 Å². The van der Waals surface area contributed by atoms with Crippen molar-refractivity contribution in [3.63, 3.8) is 0 Å². The van der Waals surface area contributed by atoms with E-state index in [0.717, 1.165) is 21.7 Å². The topological polar surface area (TPSA) is 113 Å². The van der Waals surface area contributed by atoms with Crippen LogP contribution < -0.4 is 14.3 Å². The van der Waals surface area contributed by atoms with Gasteiger partial charge in [0.15, 0.2) is 0 Å². The Labute approximate surface area is 227 Å². The lowest BCUT2D eigenvalue weighted by Gasteiger charge is -2.23. The van der Waals surface area contributed by atoms with Gasteiger partial charge < -0.3 is 5.32 Å². The molecular weight excluding hydrogens is 557 g/mol. The fourth-order valence-corrected chi connectivity index (χ4v) is 5.94. The van der Waals surface area contributed by atoms with Gasteiger partial charge in [0.2, 0.25) is 15.9 Å². The lowest BCUT2D eigenvalue weighted by molar-refractivity contribution is -0.116. The van der Waals surface area contributed by atoms with Crippen molar-refractivity contribution in [2.75, 3.05) is 27.1 Å². The first-order valence-corrected chi connectivity index (χ1v) is 15.3. The zero-order valence-electron chi connectivity index (χ0n) is 20.5. The molecule has 0 aliphatic rings. The average molecular weight is 585 g/mol. The molecule has 0 heterocycles. The van der Waals surface area contributed by atoms with Crippen LogP contribution in [0.1, 0.15) is 24.0 Å². The minimum Gasteiger partial charge on any atom is -0.326 e. The molecule has 0 saturated carbocycles. The molecule has 0 aliphatic carbocycles. The highest BCUT2D eigenvalue weighted by atomic mass is 35.5. The number of sulfonamides is 2. The van der Waals surface area contributed by atoms with Crippen molar-refractivity contribution in [2.24, 2.45) is 0 Å². The first-order valence-electron chi connectivity index (χ1n) is 11.2. The SMILES string of the molecule is Cc1ccc(NS(=O)(=O)c2ccc(NC(=O)CCCN(c3cc(Cl)ccc3Cl)S(C)(=O)=O)cc2)cc1C. The van der Waals surface area contributed by atoms with Crippen LogP contribution in [0.15, 0.2) is 65.6 Å². The fourth-order valence-electron chi connectivity index (χ4n) is 3.48. The maximum atomic E-state index is 12.7. The van der Waals surface area contributed by atoms with E-state index < -0.39 is 20.0 Å². The number of nitrogens with one attached hydrogen (secondary N) is 2. The molecule has 0 aliphatic heterocycles. The summed E-state index contributed by atoms with van der Waals surface area (Å²) in [5.41, 5.74) is 3.13. The molecule has 0 radical (unpaired) electrons. The zero-order chi connectivity index (χ0) is 27.4. The number of carbonyl (C=O) groups excluding carboxylic acids is 1. The number of aryl methyl sites for hydroxylation is 2. The molecule has 0 saturated heterocycles. The summed E-state index contributed by atoms with van der Waals surface area (Å²) in [6.07, 6.45) is 1.29. The molecule has 3 aromatic carbocycles. The molecule has 0 spiro atoms. The third-order valence-electron chi connectivity index (χ3n) is 5.55. The lowest BCUT2D eigenvalue weighted by Crippen LogP contribution is -2.31. The van der Waals surface area contributed by atoms with Gasteiger partial charge in [0.05, 0.1) is 21.9 Å². The van der Waals surface area contributed by atoms with Crippen LogP contribution in [0, 0.1) is 13.8 Å². The Kier molecular flexibility index (Phi) is 9.12. The first-order chi connectivity index (χ1) is 17.3. The zero-order valence-corrected chi connectivity index (χ0v) is 23.6. The quantitative estimate of drug-likeness (QED) is 0.322. The highest BCUT2D eigenvalue weighted by Gasteiger charge is 2.21. The Morgan fingerprint density at radius 2 is 1.51 bits per heavy atom.